The smallest absolute Gasteiger partial charge is 0.0874 e. The lowest BCUT2D eigenvalue weighted by atomic mass is 9.81. The van der Waals surface area contributed by atoms with Gasteiger partial charge in [0.25, 0.3) is 0 Å². The van der Waals surface area contributed by atoms with E-state index >= 15 is 0 Å². The summed E-state index contributed by atoms with van der Waals surface area (Å²) in [6, 6.07) is 0. The van der Waals surface area contributed by atoms with Gasteiger partial charge < -0.3 is 5.73 Å². The number of rotatable bonds is 8. The SMILES string of the molecule is CCCCCCn1nnc(CCN)c1C1CCC1. The first-order valence-corrected chi connectivity index (χ1v) is 7.49. The third-order valence-electron chi connectivity index (χ3n) is 3.94. The Bertz CT molecular complexity index is 355. The van der Waals surface area contributed by atoms with Gasteiger partial charge in [-0.05, 0) is 25.8 Å². The lowest BCUT2D eigenvalue weighted by molar-refractivity contribution is 0.380. The second-order valence-electron chi connectivity index (χ2n) is 5.37. The predicted molar refractivity (Wildman–Crippen MR) is 73.5 cm³/mol. The number of aromatic nitrogens is 3. The molecule has 0 radical (unpaired) electrons. The van der Waals surface area contributed by atoms with Crippen LogP contribution in [0.15, 0.2) is 0 Å². The zero-order valence-electron chi connectivity index (χ0n) is 11.6. The summed E-state index contributed by atoms with van der Waals surface area (Å²) in [4.78, 5) is 0. The monoisotopic (exact) mass is 250 g/mol. The van der Waals surface area contributed by atoms with Crippen molar-refractivity contribution in [2.75, 3.05) is 6.54 Å². The molecule has 2 N–H and O–H groups in total. The average Bonchev–Trinajstić information content (AvgIpc) is 2.67. The molecule has 1 aliphatic rings. The summed E-state index contributed by atoms with van der Waals surface area (Å²) in [7, 11) is 0. The Morgan fingerprint density at radius 1 is 1.28 bits per heavy atom. The molecule has 0 aromatic carbocycles. The molecule has 102 valence electrons. The summed E-state index contributed by atoms with van der Waals surface area (Å²) >= 11 is 0. The van der Waals surface area contributed by atoms with Crippen LogP contribution in [0.4, 0.5) is 0 Å². The number of nitrogens with zero attached hydrogens (tertiary/aromatic N) is 3. The van der Waals surface area contributed by atoms with Crippen molar-refractivity contribution >= 4 is 0 Å². The van der Waals surface area contributed by atoms with Gasteiger partial charge in [0.2, 0.25) is 0 Å². The van der Waals surface area contributed by atoms with E-state index < -0.39 is 0 Å². The van der Waals surface area contributed by atoms with Crippen molar-refractivity contribution in [3.8, 4) is 0 Å². The normalized spacial score (nSPS) is 15.9. The minimum absolute atomic E-state index is 0.675. The van der Waals surface area contributed by atoms with Crippen LogP contribution < -0.4 is 5.73 Å². The van der Waals surface area contributed by atoms with E-state index in [0.717, 1.165) is 18.7 Å². The third kappa shape index (κ3) is 3.10. The molecular weight excluding hydrogens is 224 g/mol. The van der Waals surface area contributed by atoms with Gasteiger partial charge in [-0.1, -0.05) is 37.8 Å². The van der Waals surface area contributed by atoms with Gasteiger partial charge in [-0.25, -0.2) is 4.68 Å². The minimum atomic E-state index is 0.675. The fourth-order valence-electron chi connectivity index (χ4n) is 2.65. The second kappa shape index (κ2) is 6.88. The van der Waals surface area contributed by atoms with E-state index in [1.165, 1.54) is 50.6 Å². The van der Waals surface area contributed by atoms with Crippen LogP contribution in [0.5, 0.6) is 0 Å². The summed E-state index contributed by atoms with van der Waals surface area (Å²) in [6.45, 7) is 3.95. The van der Waals surface area contributed by atoms with Gasteiger partial charge in [-0.2, -0.15) is 0 Å². The Hall–Kier alpha value is -0.900. The highest BCUT2D eigenvalue weighted by Crippen LogP contribution is 2.37. The Balaban J connectivity index is 1.99. The molecule has 0 atom stereocenters. The average molecular weight is 250 g/mol. The molecule has 0 bridgehead atoms. The highest BCUT2D eigenvalue weighted by molar-refractivity contribution is 5.18. The molecule has 18 heavy (non-hydrogen) atoms. The van der Waals surface area contributed by atoms with Gasteiger partial charge in [0.1, 0.15) is 0 Å². The third-order valence-corrected chi connectivity index (χ3v) is 3.94. The molecule has 1 aromatic heterocycles. The van der Waals surface area contributed by atoms with Crippen LogP contribution in [0.3, 0.4) is 0 Å². The fraction of sp³-hybridized carbons (Fsp3) is 0.857. The maximum absolute atomic E-state index is 5.66. The lowest BCUT2D eigenvalue weighted by Crippen LogP contribution is -2.18. The van der Waals surface area contributed by atoms with Gasteiger partial charge >= 0.3 is 0 Å². The molecule has 1 heterocycles. The number of nitrogens with two attached hydrogens (primary N) is 1. The zero-order valence-corrected chi connectivity index (χ0v) is 11.6. The van der Waals surface area contributed by atoms with E-state index in [-0.39, 0.29) is 0 Å². The quantitative estimate of drug-likeness (QED) is 0.722. The Morgan fingerprint density at radius 2 is 2.11 bits per heavy atom. The first-order valence-electron chi connectivity index (χ1n) is 7.49. The van der Waals surface area contributed by atoms with Gasteiger partial charge in [0.05, 0.1) is 11.4 Å². The topological polar surface area (TPSA) is 56.7 Å². The van der Waals surface area contributed by atoms with Crippen molar-refractivity contribution in [2.24, 2.45) is 5.73 Å². The Kier molecular flexibility index (Phi) is 5.17. The van der Waals surface area contributed by atoms with Crippen LogP contribution in [0.1, 0.15) is 69.2 Å². The van der Waals surface area contributed by atoms with Crippen LogP contribution >= 0.6 is 0 Å². The molecule has 0 unspecified atom stereocenters. The highest BCUT2D eigenvalue weighted by Gasteiger charge is 2.27. The van der Waals surface area contributed by atoms with Crippen LogP contribution in [-0.2, 0) is 13.0 Å². The van der Waals surface area contributed by atoms with Crippen molar-refractivity contribution in [2.45, 2.75) is 70.8 Å². The molecule has 0 spiro atoms. The van der Waals surface area contributed by atoms with Gasteiger partial charge in [-0.15, -0.1) is 5.10 Å². The fourth-order valence-corrected chi connectivity index (χ4v) is 2.65. The molecule has 1 aliphatic carbocycles. The van der Waals surface area contributed by atoms with Crippen molar-refractivity contribution in [1.82, 2.24) is 15.0 Å². The summed E-state index contributed by atoms with van der Waals surface area (Å²) < 4.78 is 2.16. The molecule has 1 saturated carbocycles. The summed E-state index contributed by atoms with van der Waals surface area (Å²) in [6.07, 6.45) is 9.97. The molecule has 0 aliphatic heterocycles. The first kappa shape index (κ1) is 13.5. The van der Waals surface area contributed by atoms with E-state index in [0.29, 0.717) is 12.5 Å². The van der Waals surface area contributed by atoms with Crippen molar-refractivity contribution < 1.29 is 0 Å². The number of aryl methyl sites for hydroxylation is 1. The van der Waals surface area contributed by atoms with Gasteiger partial charge in [0, 0.05) is 18.9 Å². The molecule has 0 saturated heterocycles. The standard InChI is InChI=1S/C14H26N4/c1-2-3-4-5-11-18-14(12-7-6-8-12)13(9-10-15)16-17-18/h12H,2-11,15H2,1H3. The lowest BCUT2D eigenvalue weighted by Gasteiger charge is -2.26. The molecule has 4 nitrogen and oxygen atoms in total. The molecule has 0 amide bonds. The maximum Gasteiger partial charge on any atom is 0.0874 e. The molecular formula is C14H26N4. The van der Waals surface area contributed by atoms with Crippen LogP contribution in [-0.4, -0.2) is 21.5 Å². The molecule has 2 rings (SSSR count). The predicted octanol–water partition coefficient (Wildman–Crippen LogP) is 2.63. The maximum atomic E-state index is 5.66. The number of hydrogen-bond acceptors (Lipinski definition) is 3. The van der Waals surface area contributed by atoms with Crippen LogP contribution in [0.2, 0.25) is 0 Å². The summed E-state index contributed by atoms with van der Waals surface area (Å²) in [5, 5.41) is 8.69. The largest absolute Gasteiger partial charge is 0.330 e. The molecule has 4 heteroatoms. The second-order valence-corrected chi connectivity index (χ2v) is 5.37. The van der Waals surface area contributed by atoms with Gasteiger partial charge in [0.15, 0.2) is 0 Å². The van der Waals surface area contributed by atoms with E-state index in [9.17, 15) is 0 Å². The number of hydrogen-bond donors (Lipinski definition) is 1. The van der Waals surface area contributed by atoms with Crippen LogP contribution in [0.25, 0.3) is 0 Å². The van der Waals surface area contributed by atoms with Crippen molar-refractivity contribution in [1.29, 1.82) is 0 Å². The van der Waals surface area contributed by atoms with E-state index in [2.05, 4.69) is 21.9 Å². The van der Waals surface area contributed by atoms with E-state index in [4.69, 9.17) is 5.73 Å². The summed E-state index contributed by atoms with van der Waals surface area (Å²) in [5.74, 6) is 0.702. The van der Waals surface area contributed by atoms with E-state index in [1.54, 1.807) is 0 Å². The highest BCUT2D eigenvalue weighted by atomic mass is 15.4. The van der Waals surface area contributed by atoms with Crippen molar-refractivity contribution in [3.63, 3.8) is 0 Å². The molecule has 1 aromatic rings. The van der Waals surface area contributed by atoms with Crippen LogP contribution in [0, 0.1) is 0 Å². The van der Waals surface area contributed by atoms with Gasteiger partial charge in [-0.3, -0.25) is 0 Å². The summed E-state index contributed by atoms with van der Waals surface area (Å²) in [5.41, 5.74) is 8.20. The zero-order chi connectivity index (χ0) is 12.8. The minimum Gasteiger partial charge on any atom is -0.330 e. The van der Waals surface area contributed by atoms with Crippen molar-refractivity contribution in [3.05, 3.63) is 11.4 Å². The molecule has 1 fully saturated rings. The first-order chi connectivity index (χ1) is 8.86. The van der Waals surface area contributed by atoms with E-state index in [1.807, 2.05) is 0 Å². The Morgan fingerprint density at radius 3 is 2.72 bits per heavy atom. The number of unbranched alkanes of at least 4 members (excludes halogenated alkanes) is 3. The Labute approximate surface area is 110 Å².